The molecule has 128 valence electrons. The fourth-order valence-corrected chi connectivity index (χ4v) is 2.39. The molecule has 0 unspecified atom stereocenters. The first-order chi connectivity index (χ1) is 11.5. The number of esters is 1. The van der Waals surface area contributed by atoms with Gasteiger partial charge in [-0.25, -0.2) is 4.79 Å². The number of nitro benzene ring substituents is 1. The van der Waals surface area contributed by atoms with Gasteiger partial charge < -0.3 is 14.2 Å². The minimum absolute atomic E-state index is 0.162. The second-order valence-electron chi connectivity index (χ2n) is 4.28. The van der Waals surface area contributed by atoms with Crippen LogP contribution in [0, 0.1) is 10.1 Å². The molecule has 0 amide bonds. The number of aromatic nitrogens is 2. The lowest BCUT2D eigenvalue weighted by molar-refractivity contribution is -0.385. The largest absolute Gasteiger partial charge is 0.493 e. The van der Waals surface area contributed by atoms with Gasteiger partial charge in [0.15, 0.2) is 11.5 Å². The molecule has 1 heterocycles. The highest BCUT2D eigenvalue weighted by Gasteiger charge is 2.26. The quantitative estimate of drug-likeness (QED) is 0.413. The van der Waals surface area contributed by atoms with Crippen LogP contribution in [0.5, 0.6) is 11.5 Å². The molecule has 2 rings (SSSR count). The molecular weight excluding hydrogens is 362 g/mol. The third-order valence-electron chi connectivity index (χ3n) is 2.85. The summed E-state index contributed by atoms with van der Waals surface area (Å²) in [7, 11) is 1.36. The van der Waals surface area contributed by atoms with Crippen molar-refractivity contribution in [1.82, 2.24) is 9.59 Å². The monoisotopic (exact) mass is 373 g/mol. The SMILES string of the molecule is CCOc1cc([N+](=O)[O-])c(C(=O)OCc2nnsc2Cl)cc1OC. The standard InChI is InChI=1S/C13H12ClN3O6S/c1-3-22-11-5-9(17(19)20)7(4-10(11)21-2)13(18)23-6-8-12(14)24-16-15-8/h4-5H,3,6H2,1-2H3. The van der Waals surface area contributed by atoms with Crippen molar-refractivity contribution in [1.29, 1.82) is 0 Å². The maximum Gasteiger partial charge on any atom is 0.345 e. The highest BCUT2D eigenvalue weighted by Crippen LogP contribution is 2.35. The highest BCUT2D eigenvalue weighted by atomic mass is 35.5. The van der Waals surface area contributed by atoms with Gasteiger partial charge in [0.05, 0.1) is 24.7 Å². The zero-order chi connectivity index (χ0) is 17.7. The van der Waals surface area contributed by atoms with E-state index in [2.05, 4.69) is 9.59 Å². The van der Waals surface area contributed by atoms with Gasteiger partial charge in [-0.15, -0.1) is 5.10 Å². The number of halogens is 1. The number of nitro groups is 1. The number of ether oxygens (including phenoxy) is 3. The van der Waals surface area contributed by atoms with E-state index in [0.717, 1.165) is 17.6 Å². The van der Waals surface area contributed by atoms with Crippen LogP contribution in [0.3, 0.4) is 0 Å². The average Bonchev–Trinajstić information content (AvgIpc) is 2.97. The zero-order valence-corrected chi connectivity index (χ0v) is 14.2. The normalized spacial score (nSPS) is 10.3. The van der Waals surface area contributed by atoms with Crippen molar-refractivity contribution in [2.45, 2.75) is 13.5 Å². The van der Waals surface area contributed by atoms with Crippen molar-refractivity contribution in [3.05, 3.63) is 37.8 Å². The number of carbonyl (C=O) groups excluding carboxylic acids is 1. The van der Waals surface area contributed by atoms with E-state index in [9.17, 15) is 14.9 Å². The summed E-state index contributed by atoms with van der Waals surface area (Å²) in [5.74, 6) is -0.565. The lowest BCUT2D eigenvalue weighted by atomic mass is 10.1. The minimum atomic E-state index is -0.910. The van der Waals surface area contributed by atoms with E-state index in [4.69, 9.17) is 25.8 Å². The van der Waals surface area contributed by atoms with Crippen LogP contribution >= 0.6 is 23.1 Å². The van der Waals surface area contributed by atoms with Crippen LogP contribution in [0.1, 0.15) is 23.0 Å². The van der Waals surface area contributed by atoms with Crippen LogP contribution < -0.4 is 9.47 Å². The van der Waals surface area contributed by atoms with Crippen LogP contribution in [-0.2, 0) is 11.3 Å². The van der Waals surface area contributed by atoms with E-state index in [1.807, 2.05) is 0 Å². The summed E-state index contributed by atoms with van der Waals surface area (Å²) in [6, 6.07) is 2.32. The first-order valence-corrected chi connectivity index (χ1v) is 7.76. The second kappa shape index (κ2) is 7.88. The number of nitrogens with zero attached hydrogens (tertiary/aromatic N) is 3. The molecule has 1 aromatic heterocycles. The Labute approximate surface area is 145 Å². The number of hydrogen-bond acceptors (Lipinski definition) is 9. The molecule has 2 aromatic rings. The predicted octanol–water partition coefficient (Wildman–Crippen LogP) is 2.86. The Balaban J connectivity index is 2.31. The number of methoxy groups -OCH3 is 1. The van der Waals surface area contributed by atoms with E-state index < -0.39 is 16.6 Å². The summed E-state index contributed by atoms with van der Waals surface area (Å²) in [5, 5.41) is 14.9. The molecule has 0 fully saturated rings. The number of benzene rings is 1. The van der Waals surface area contributed by atoms with Gasteiger partial charge in [0.1, 0.15) is 22.2 Å². The van der Waals surface area contributed by atoms with Gasteiger partial charge >= 0.3 is 5.97 Å². The molecule has 0 saturated carbocycles. The van der Waals surface area contributed by atoms with Crippen LogP contribution in [0.25, 0.3) is 0 Å². The highest BCUT2D eigenvalue weighted by molar-refractivity contribution is 7.10. The number of carbonyl (C=O) groups is 1. The van der Waals surface area contributed by atoms with E-state index in [-0.39, 0.29) is 40.3 Å². The summed E-state index contributed by atoms with van der Waals surface area (Å²) in [4.78, 5) is 22.7. The predicted molar refractivity (Wildman–Crippen MR) is 84.9 cm³/mol. The first kappa shape index (κ1) is 17.9. The minimum Gasteiger partial charge on any atom is -0.493 e. The fourth-order valence-electron chi connectivity index (χ4n) is 1.79. The molecule has 0 N–H and O–H groups in total. The Morgan fingerprint density at radius 3 is 2.71 bits per heavy atom. The van der Waals surface area contributed by atoms with Gasteiger partial charge in [0.2, 0.25) is 0 Å². The topological polar surface area (TPSA) is 114 Å². The van der Waals surface area contributed by atoms with E-state index in [1.165, 1.54) is 13.2 Å². The van der Waals surface area contributed by atoms with Crippen LogP contribution in [0.2, 0.25) is 4.34 Å². The van der Waals surface area contributed by atoms with Gasteiger partial charge in [0.25, 0.3) is 5.69 Å². The fraction of sp³-hybridized carbons (Fsp3) is 0.308. The molecule has 0 aliphatic heterocycles. The van der Waals surface area contributed by atoms with Crippen LogP contribution in [-0.4, -0.2) is 34.2 Å². The maximum atomic E-state index is 12.2. The Bertz CT molecular complexity index is 766. The second-order valence-corrected chi connectivity index (χ2v) is 5.64. The summed E-state index contributed by atoms with van der Waals surface area (Å²) in [6.07, 6.45) is 0. The van der Waals surface area contributed by atoms with Gasteiger partial charge in [-0.05, 0) is 6.92 Å². The Hall–Kier alpha value is -2.46. The molecule has 11 heteroatoms. The van der Waals surface area contributed by atoms with E-state index in [0.29, 0.717) is 0 Å². The van der Waals surface area contributed by atoms with Gasteiger partial charge in [-0.3, -0.25) is 10.1 Å². The maximum absolute atomic E-state index is 12.2. The molecule has 0 aliphatic carbocycles. The van der Waals surface area contributed by atoms with Gasteiger partial charge in [-0.1, -0.05) is 16.1 Å². The molecule has 24 heavy (non-hydrogen) atoms. The molecule has 0 aliphatic rings. The zero-order valence-electron chi connectivity index (χ0n) is 12.6. The van der Waals surface area contributed by atoms with Crippen LogP contribution in [0.4, 0.5) is 5.69 Å². The Morgan fingerprint density at radius 1 is 1.42 bits per heavy atom. The number of hydrogen-bond donors (Lipinski definition) is 0. The molecule has 9 nitrogen and oxygen atoms in total. The van der Waals surface area contributed by atoms with Gasteiger partial charge in [-0.2, -0.15) is 0 Å². The van der Waals surface area contributed by atoms with Crippen molar-refractivity contribution in [3.63, 3.8) is 0 Å². The molecule has 0 spiro atoms. The van der Waals surface area contributed by atoms with Crippen molar-refractivity contribution >= 4 is 34.8 Å². The Morgan fingerprint density at radius 2 is 2.17 bits per heavy atom. The average molecular weight is 374 g/mol. The first-order valence-electron chi connectivity index (χ1n) is 6.61. The molecule has 0 saturated heterocycles. The third kappa shape index (κ3) is 3.89. The van der Waals surface area contributed by atoms with Crippen LogP contribution in [0.15, 0.2) is 12.1 Å². The van der Waals surface area contributed by atoms with E-state index in [1.54, 1.807) is 6.92 Å². The number of rotatable bonds is 7. The van der Waals surface area contributed by atoms with Gasteiger partial charge in [0, 0.05) is 17.6 Å². The molecular formula is C13H12ClN3O6S. The molecule has 0 atom stereocenters. The lowest BCUT2D eigenvalue weighted by Gasteiger charge is -2.11. The lowest BCUT2D eigenvalue weighted by Crippen LogP contribution is -2.10. The summed E-state index contributed by atoms with van der Waals surface area (Å²) < 4.78 is 19.3. The van der Waals surface area contributed by atoms with Crippen molar-refractivity contribution < 1.29 is 23.9 Å². The molecule has 1 aromatic carbocycles. The molecule has 0 bridgehead atoms. The van der Waals surface area contributed by atoms with E-state index >= 15 is 0 Å². The molecule has 0 radical (unpaired) electrons. The smallest absolute Gasteiger partial charge is 0.345 e. The van der Waals surface area contributed by atoms with Crippen molar-refractivity contribution in [3.8, 4) is 11.5 Å². The summed E-state index contributed by atoms with van der Waals surface area (Å²) >= 11 is 6.75. The van der Waals surface area contributed by atoms with Crippen molar-refractivity contribution in [2.24, 2.45) is 0 Å². The summed E-state index contributed by atoms with van der Waals surface area (Å²) in [6.45, 7) is 1.76. The van der Waals surface area contributed by atoms with Crippen molar-refractivity contribution in [2.75, 3.05) is 13.7 Å². The summed E-state index contributed by atoms with van der Waals surface area (Å²) in [5.41, 5.74) is -0.443. The Kier molecular flexibility index (Phi) is 5.88. The third-order valence-corrected chi connectivity index (χ3v) is 3.83.